The first-order chi connectivity index (χ1) is 8.29. The van der Waals surface area contributed by atoms with Crippen molar-refractivity contribution >= 4 is 12.1 Å². The van der Waals surface area contributed by atoms with Crippen molar-refractivity contribution in [2.45, 2.75) is 51.8 Å². The fraction of sp³-hybridized carbons (Fsp3) is 0.833. The van der Waals surface area contributed by atoms with E-state index in [9.17, 15) is 9.59 Å². The fourth-order valence-electron chi connectivity index (χ4n) is 1.90. The minimum Gasteiger partial charge on any atom is -0.479 e. The predicted molar refractivity (Wildman–Crippen MR) is 66.2 cm³/mol. The van der Waals surface area contributed by atoms with Crippen LogP contribution in [-0.2, 0) is 9.53 Å². The number of hydrogen-bond acceptors (Lipinski definition) is 4. The quantitative estimate of drug-likeness (QED) is 0.800. The molecule has 1 heterocycles. The van der Waals surface area contributed by atoms with Crippen LogP contribution in [0.5, 0.6) is 0 Å². The Balaban J connectivity index is 2.57. The maximum Gasteiger partial charge on any atom is 0.409 e. The minimum absolute atomic E-state index is 0.630. The predicted octanol–water partition coefficient (Wildman–Crippen LogP) is 1.41. The number of alkyl carbamates (subject to hydrolysis) is 1. The number of amides is 1. The number of nitrogens with zero attached hydrogens (tertiary/aromatic N) is 1. The van der Waals surface area contributed by atoms with Gasteiger partial charge < -0.3 is 9.84 Å². The second kappa shape index (κ2) is 6.04. The molecular formula is C12H22N2O4. The zero-order valence-electron chi connectivity index (χ0n) is 11.2. The Bertz CT molecular complexity index is 306. The second-order valence-corrected chi connectivity index (χ2v) is 5.48. The summed E-state index contributed by atoms with van der Waals surface area (Å²) in [5, 5.41) is 11.6. The summed E-state index contributed by atoms with van der Waals surface area (Å²) in [5.74, 6) is -1.05. The number of carbonyl (C=O) groups excluding carboxylic acids is 1. The Labute approximate surface area is 107 Å². The van der Waals surface area contributed by atoms with E-state index in [0.717, 1.165) is 19.3 Å². The van der Waals surface area contributed by atoms with Crippen molar-refractivity contribution in [1.29, 1.82) is 0 Å². The second-order valence-electron chi connectivity index (χ2n) is 5.48. The Morgan fingerprint density at radius 3 is 2.22 bits per heavy atom. The average molecular weight is 258 g/mol. The maximum absolute atomic E-state index is 11.6. The van der Waals surface area contributed by atoms with E-state index >= 15 is 0 Å². The van der Waals surface area contributed by atoms with Crippen LogP contribution in [0.3, 0.4) is 0 Å². The van der Waals surface area contributed by atoms with Crippen LogP contribution in [0.1, 0.15) is 40.0 Å². The third-order valence-corrected chi connectivity index (χ3v) is 2.64. The molecule has 104 valence electrons. The Kier molecular flexibility index (Phi) is 4.95. The third-order valence-electron chi connectivity index (χ3n) is 2.64. The van der Waals surface area contributed by atoms with Gasteiger partial charge in [0.1, 0.15) is 5.60 Å². The Morgan fingerprint density at radius 2 is 1.78 bits per heavy atom. The van der Waals surface area contributed by atoms with Crippen molar-refractivity contribution in [3.05, 3.63) is 0 Å². The number of piperidine rings is 1. The molecule has 6 heteroatoms. The lowest BCUT2D eigenvalue weighted by Crippen LogP contribution is -2.55. The van der Waals surface area contributed by atoms with Crippen molar-refractivity contribution in [2.75, 3.05) is 13.1 Å². The van der Waals surface area contributed by atoms with Crippen LogP contribution in [-0.4, -0.2) is 46.9 Å². The van der Waals surface area contributed by atoms with Gasteiger partial charge in [-0.15, -0.1) is 0 Å². The van der Waals surface area contributed by atoms with Gasteiger partial charge in [0.05, 0.1) is 0 Å². The molecule has 0 aromatic carbocycles. The van der Waals surface area contributed by atoms with Gasteiger partial charge in [-0.3, -0.25) is 10.2 Å². The average Bonchev–Trinajstić information content (AvgIpc) is 2.24. The normalized spacial score (nSPS) is 19.1. The van der Waals surface area contributed by atoms with Crippen molar-refractivity contribution in [2.24, 2.45) is 0 Å². The number of rotatable bonds is 3. The molecule has 0 aromatic rings. The monoisotopic (exact) mass is 258 g/mol. The molecule has 0 saturated carbocycles. The number of likely N-dealkylation sites (tertiary alicyclic amines) is 1. The maximum atomic E-state index is 11.6. The van der Waals surface area contributed by atoms with Gasteiger partial charge in [0, 0.05) is 13.1 Å². The molecule has 1 amide bonds. The van der Waals surface area contributed by atoms with Gasteiger partial charge in [0.15, 0.2) is 6.17 Å². The van der Waals surface area contributed by atoms with Crippen molar-refractivity contribution in [3.8, 4) is 0 Å². The largest absolute Gasteiger partial charge is 0.479 e. The molecule has 1 atom stereocenters. The molecule has 0 unspecified atom stereocenters. The van der Waals surface area contributed by atoms with E-state index in [2.05, 4.69) is 5.32 Å². The van der Waals surface area contributed by atoms with Gasteiger partial charge >= 0.3 is 12.1 Å². The number of carbonyl (C=O) groups is 2. The summed E-state index contributed by atoms with van der Waals surface area (Å²) >= 11 is 0. The van der Waals surface area contributed by atoms with Crippen LogP contribution < -0.4 is 5.32 Å². The highest BCUT2D eigenvalue weighted by atomic mass is 16.6. The zero-order valence-corrected chi connectivity index (χ0v) is 11.2. The molecular weight excluding hydrogens is 236 g/mol. The van der Waals surface area contributed by atoms with E-state index in [4.69, 9.17) is 9.84 Å². The van der Waals surface area contributed by atoms with E-state index in [0.29, 0.717) is 13.1 Å². The van der Waals surface area contributed by atoms with Gasteiger partial charge in [-0.2, -0.15) is 0 Å². The highest BCUT2D eigenvalue weighted by Gasteiger charge is 2.30. The molecule has 0 aromatic heterocycles. The lowest BCUT2D eigenvalue weighted by atomic mass is 10.1. The fourth-order valence-corrected chi connectivity index (χ4v) is 1.90. The molecule has 18 heavy (non-hydrogen) atoms. The SMILES string of the molecule is CC(C)(C)OC(=O)N[C@H](C(=O)O)N1CCCCC1. The van der Waals surface area contributed by atoms with Crippen LogP contribution in [0.25, 0.3) is 0 Å². The van der Waals surface area contributed by atoms with Gasteiger partial charge in [-0.1, -0.05) is 6.42 Å². The van der Waals surface area contributed by atoms with Crippen LogP contribution in [0.4, 0.5) is 4.79 Å². The number of carboxylic acid groups (broad SMARTS) is 1. The number of aliphatic carboxylic acids is 1. The molecule has 0 bridgehead atoms. The highest BCUT2D eigenvalue weighted by Crippen LogP contribution is 2.12. The first-order valence-electron chi connectivity index (χ1n) is 6.26. The highest BCUT2D eigenvalue weighted by molar-refractivity contribution is 5.79. The number of carboxylic acids is 1. The van der Waals surface area contributed by atoms with Crippen LogP contribution in [0.2, 0.25) is 0 Å². The summed E-state index contributed by atoms with van der Waals surface area (Å²) in [4.78, 5) is 24.5. The third kappa shape index (κ3) is 4.91. The summed E-state index contributed by atoms with van der Waals surface area (Å²) in [6.07, 6.45) is 1.33. The lowest BCUT2D eigenvalue weighted by Gasteiger charge is -2.32. The number of hydrogen-bond donors (Lipinski definition) is 2. The van der Waals surface area contributed by atoms with E-state index in [1.807, 2.05) is 0 Å². The van der Waals surface area contributed by atoms with Gasteiger partial charge in [-0.05, 0) is 33.6 Å². The number of ether oxygens (including phenoxy) is 1. The van der Waals surface area contributed by atoms with Gasteiger partial charge in [0.2, 0.25) is 0 Å². The summed E-state index contributed by atoms with van der Waals surface area (Å²) in [6.45, 7) is 6.59. The molecule has 0 radical (unpaired) electrons. The van der Waals surface area contributed by atoms with Gasteiger partial charge in [0.25, 0.3) is 0 Å². The van der Waals surface area contributed by atoms with Crippen LogP contribution >= 0.6 is 0 Å². The van der Waals surface area contributed by atoms with Crippen molar-refractivity contribution < 1.29 is 19.4 Å². The lowest BCUT2D eigenvalue weighted by molar-refractivity contribution is -0.145. The van der Waals surface area contributed by atoms with E-state index in [1.165, 1.54) is 0 Å². The van der Waals surface area contributed by atoms with Crippen LogP contribution in [0.15, 0.2) is 0 Å². The zero-order chi connectivity index (χ0) is 13.8. The topological polar surface area (TPSA) is 78.9 Å². The Hall–Kier alpha value is -1.30. The van der Waals surface area contributed by atoms with Crippen molar-refractivity contribution in [3.63, 3.8) is 0 Å². The van der Waals surface area contributed by atoms with Crippen molar-refractivity contribution in [1.82, 2.24) is 10.2 Å². The molecule has 1 aliphatic heterocycles. The van der Waals surface area contributed by atoms with E-state index in [1.54, 1.807) is 25.7 Å². The molecule has 1 fully saturated rings. The molecule has 0 aliphatic carbocycles. The van der Waals surface area contributed by atoms with E-state index < -0.39 is 23.8 Å². The molecule has 6 nitrogen and oxygen atoms in total. The van der Waals surface area contributed by atoms with E-state index in [-0.39, 0.29) is 0 Å². The summed E-state index contributed by atoms with van der Waals surface area (Å²) < 4.78 is 5.07. The molecule has 2 N–H and O–H groups in total. The smallest absolute Gasteiger partial charge is 0.409 e. The summed E-state index contributed by atoms with van der Waals surface area (Å²) in [5.41, 5.74) is -0.630. The van der Waals surface area contributed by atoms with Crippen LogP contribution in [0, 0.1) is 0 Å². The van der Waals surface area contributed by atoms with Gasteiger partial charge in [-0.25, -0.2) is 9.59 Å². The summed E-state index contributed by atoms with van der Waals surface area (Å²) in [6, 6.07) is 0. The minimum atomic E-state index is -1.05. The molecule has 1 rings (SSSR count). The molecule has 1 aliphatic rings. The molecule has 0 spiro atoms. The first-order valence-corrected chi connectivity index (χ1v) is 6.26. The Morgan fingerprint density at radius 1 is 1.22 bits per heavy atom. The number of nitrogens with one attached hydrogen (secondary N) is 1. The molecule has 1 saturated heterocycles. The standard InChI is InChI=1S/C12H22N2O4/c1-12(2,3)18-11(17)13-9(10(15)16)14-7-5-4-6-8-14/h9H,4-8H2,1-3H3,(H,13,17)(H,15,16)/t9-/m0/s1. The summed E-state index contributed by atoms with van der Waals surface area (Å²) in [7, 11) is 0. The first kappa shape index (κ1) is 14.8.